The van der Waals surface area contributed by atoms with E-state index in [9.17, 15) is 0 Å². The second kappa shape index (κ2) is 10.1. The molecule has 220 valence electrons. The summed E-state index contributed by atoms with van der Waals surface area (Å²) in [5.74, 6) is 0.933. The molecule has 0 aliphatic carbocycles. The van der Waals surface area contributed by atoms with Crippen LogP contribution in [-0.2, 0) is 0 Å². The average Bonchev–Trinajstić information content (AvgIpc) is 3.82. The Morgan fingerprint density at radius 3 is 1.83 bits per heavy atom. The molecular formula is C43H27N3O. The van der Waals surface area contributed by atoms with Crippen LogP contribution in [0.1, 0.15) is 0 Å². The molecule has 0 atom stereocenters. The second-order valence-electron chi connectivity index (χ2n) is 12.0. The Morgan fingerprint density at radius 1 is 0.426 bits per heavy atom. The number of aromatic nitrogens is 3. The molecule has 0 aliphatic heterocycles. The largest absolute Gasteiger partial charge is 0.454 e. The smallest absolute Gasteiger partial charge is 0.159 e. The van der Waals surface area contributed by atoms with Gasteiger partial charge in [0, 0.05) is 32.8 Å². The van der Waals surface area contributed by atoms with E-state index in [2.05, 4.69) is 161 Å². The highest BCUT2D eigenvalue weighted by Crippen LogP contribution is 2.39. The summed E-state index contributed by atoms with van der Waals surface area (Å²) in [5, 5.41) is 4.70. The summed E-state index contributed by atoms with van der Waals surface area (Å²) in [6.07, 6.45) is 0. The maximum Gasteiger partial charge on any atom is 0.159 e. The van der Waals surface area contributed by atoms with Gasteiger partial charge in [-0.1, -0.05) is 109 Å². The summed E-state index contributed by atoms with van der Waals surface area (Å²) in [6, 6.07) is 57.6. The Morgan fingerprint density at radius 2 is 1.06 bits per heavy atom. The standard InChI is InChI=1S/C43H27N3O/c1-2-11-29(12-3-1)43-44-36-16-6-9-19-39(36)45(43)31-24-21-28(22-25-31)30-23-26-34-35-15-10-20-40(42(35)47-41(34)27-30)46-37-17-7-4-13-32(37)33-14-5-8-18-38(33)46/h1-27H. The molecule has 0 saturated heterocycles. The zero-order valence-electron chi connectivity index (χ0n) is 25.3. The highest BCUT2D eigenvalue weighted by Gasteiger charge is 2.18. The van der Waals surface area contributed by atoms with Crippen molar-refractivity contribution in [3.63, 3.8) is 0 Å². The fraction of sp³-hybridized carbons (Fsp3) is 0. The number of nitrogens with zero attached hydrogens (tertiary/aromatic N) is 3. The lowest BCUT2D eigenvalue weighted by molar-refractivity contribution is 0.666. The van der Waals surface area contributed by atoms with E-state index >= 15 is 0 Å². The summed E-state index contributed by atoms with van der Waals surface area (Å²) >= 11 is 0. The van der Waals surface area contributed by atoms with E-state index in [1.165, 1.54) is 21.8 Å². The quantitative estimate of drug-likeness (QED) is 0.201. The molecule has 10 rings (SSSR count). The van der Waals surface area contributed by atoms with Gasteiger partial charge >= 0.3 is 0 Å². The van der Waals surface area contributed by atoms with Crippen LogP contribution >= 0.6 is 0 Å². The van der Waals surface area contributed by atoms with E-state index in [1.54, 1.807) is 0 Å². The Labute approximate surface area is 270 Å². The Kier molecular flexibility index (Phi) is 5.54. The molecule has 0 amide bonds. The van der Waals surface area contributed by atoms with Gasteiger partial charge in [-0.25, -0.2) is 4.98 Å². The molecule has 7 aromatic carbocycles. The molecule has 4 nitrogen and oxygen atoms in total. The monoisotopic (exact) mass is 601 g/mol. The number of benzene rings is 7. The number of fused-ring (bicyclic) bond motifs is 7. The molecule has 0 bridgehead atoms. The second-order valence-corrected chi connectivity index (χ2v) is 12.0. The number of hydrogen-bond acceptors (Lipinski definition) is 2. The predicted molar refractivity (Wildman–Crippen MR) is 194 cm³/mol. The third-order valence-corrected chi connectivity index (χ3v) is 9.35. The molecule has 47 heavy (non-hydrogen) atoms. The Bertz CT molecular complexity index is 2730. The lowest BCUT2D eigenvalue weighted by atomic mass is 10.0. The molecule has 4 heteroatoms. The van der Waals surface area contributed by atoms with E-state index in [1.807, 2.05) is 12.1 Å². The summed E-state index contributed by atoms with van der Waals surface area (Å²) in [4.78, 5) is 5.00. The van der Waals surface area contributed by atoms with Gasteiger partial charge in [0.2, 0.25) is 0 Å². The summed E-state index contributed by atoms with van der Waals surface area (Å²) in [7, 11) is 0. The van der Waals surface area contributed by atoms with Crippen LogP contribution in [0.5, 0.6) is 0 Å². The SMILES string of the molecule is c1ccc(-c2nc3ccccc3n2-c2ccc(-c3ccc4c(c3)oc3c(-n5c6ccccc6c6ccccc65)cccc34)cc2)cc1. The van der Waals surface area contributed by atoms with Crippen LogP contribution < -0.4 is 0 Å². The molecule has 10 aromatic rings. The van der Waals surface area contributed by atoms with Crippen molar-refractivity contribution >= 4 is 54.8 Å². The van der Waals surface area contributed by atoms with Gasteiger partial charge in [-0.15, -0.1) is 0 Å². The van der Waals surface area contributed by atoms with Crippen molar-refractivity contribution in [2.45, 2.75) is 0 Å². The maximum atomic E-state index is 6.73. The third-order valence-electron chi connectivity index (χ3n) is 9.35. The van der Waals surface area contributed by atoms with Crippen molar-refractivity contribution in [3.8, 4) is 33.9 Å². The highest BCUT2D eigenvalue weighted by atomic mass is 16.3. The van der Waals surface area contributed by atoms with Crippen LogP contribution in [0.25, 0.3) is 88.7 Å². The molecule has 0 fully saturated rings. The van der Waals surface area contributed by atoms with Crippen LogP contribution in [0.4, 0.5) is 0 Å². The van der Waals surface area contributed by atoms with Crippen LogP contribution in [0, 0.1) is 0 Å². The number of rotatable bonds is 4. The predicted octanol–water partition coefficient (Wildman–Crippen LogP) is 11.4. The first kappa shape index (κ1) is 25.9. The minimum atomic E-state index is 0.877. The average molecular weight is 602 g/mol. The van der Waals surface area contributed by atoms with Crippen LogP contribution in [0.2, 0.25) is 0 Å². The molecule has 0 aliphatic rings. The van der Waals surface area contributed by atoms with Crippen molar-refractivity contribution in [3.05, 3.63) is 164 Å². The zero-order chi connectivity index (χ0) is 30.9. The highest BCUT2D eigenvalue weighted by molar-refractivity contribution is 6.13. The zero-order valence-corrected chi connectivity index (χ0v) is 25.3. The first-order valence-corrected chi connectivity index (χ1v) is 15.9. The minimum Gasteiger partial charge on any atom is -0.454 e. The maximum absolute atomic E-state index is 6.73. The van der Waals surface area contributed by atoms with Crippen molar-refractivity contribution in [2.24, 2.45) is 0 Å². The van der Waals surface area contributed by atoms with Crippen molar-refractivity contribution in [1.82, 2.24) is 14.1 Å². The fourth-order valence-electron chi connectivity index (χ4n) is 7.19. The van der Waals surface area contributed by atoms with E-state index in [0.717, 1.165) is 66.9 Å². The lowest BCUT2D eigenvalue weighted by Crippen LogP contribution is -1.97. The number of hydrogen-bond donors (Lipinski definition) is 0. The van der Waals surface area contributed by atoms with E-state index < -0.39 is 0 Å². The van der Waals surface area contributed by atoms with Gasteiger partial charge < -0.3 is 8.98 Å². The fourth-order valence-corrected chi connectivity index (χ4v) is 7.19. The normalized spacial score (nSPS) is 11.8. The summed E-state index contributed by atoms with van der Waals surface area (Å²) in [5.41, 5.74) is 11.6. The molecule has 3 heterocycles. The van der Waals surface area contributed by atoms with E-state index in [-0.39, 0.29) is 0 Å². The van der Waals surface area contributed by atoms with Crippen molar-refractivity contribution in [1.29, 1.82) is 0 Å². The topological polar surface area (TPSA) is 35.9 Å². The number of furan rings is 1. The number of imidazole rings is 1. The first-order valence-electron chi connectivity index (χ1n) is 15.9. The van der Waals surface area contributed by atoms with Crippen LogP contribution in [-0.4, -0.2) is 14.1 Å². The van der Waals surface area contributed by atoms with E-state index in [4.69, 9.17) is 9.40 Å². The Balaban J connectivity index is 1.09. The molecule has 0 N–H and O–H groups in total. The Hall–Kier alpha value is -6.39. The first-order chi connectivity index (χ1) is 23.3. The van der Waals surface area contributed by atoms with Gasteiger partial charge in [-0.3, -0.25) is 4.57 Å². The molecule has 0 saturated carbocycles. The summed E-state index contributed by atoms with van der Waals surface area (Å²) in [6.45, 7) is 0. The molecule has 3 aromatic heterocycles. The number of para-hydroxylation sites is 5. The van der Waals surface area contributed by atoms with Crippen LogP contribution in [0.3, 0.4) is 0 Å². The van der Waals surface area contributed by atoms with E-state index in [0.29, 0.717) is 0 Å². The molecule has 0 unspecified atom stereocenters. The van der Waals surface area contributed by atoms with Crippen LogP contribution in [0.15, 0.2) is 168 Å². The molecule has 0 radical (unpaired) electrons. The third kappa shape index (κ3) is 3.92. The van der Waals surface area contributed by atoms with Gasteiger partial charge in [0.05, 0.1) is 27.8 Å². The van der Waals surface area contributed by atoms with Crippen molar-refractivity contribution in [2.75, 3.05) is 0 Å². The van der Waals surface area contributed by atoms with Gasteiger partial charge in [-0.05, 0) is 65.7 Å². The lowest BCUT2D eigenvalue weighted by Gasteiger charge is -2.11. The molecule has 0 spiro atoms. The van der Waals surface area contributed by atoms with Gasteiger partial charge in [-0.2, -0.15) is 0 Å². The van der Waals surface area contributed by atoms with Crippen molar-refractivity contribution < 1.29 is 4.42 Å². The molecular weight excluding hydrogens is 574 g/mol. The van der Waals surface area contributed by atoms with Gasteiger partial charge in [0.1, 0.15) is 11.4 Å². The minimum absolute atomic E-state index is 0.877. The summed E-state index contributed by atoms with van der Waals surface area (Å²) < 4.78 is 11.3. The van der Waals surface area contributed by atoms with Gasteiger partial charge in [0.15, 0.2) is 5.58 Å². The van der Waals surface area contributed by atoms with Gasteiger partial charge in [0.25, 0.3) is 0 Å².